The van der Waals surface area contributed by atoms with Gasteiger partial charge in [-0.05, 0) is 44.9 Å². The third-order valence-corrected chi connectivity index (χ3v) is 16.6. The Labute approximate surface area is 494 Å². The van der Waals surface area contributed by atoms with Crippen LogP contribution in [0.2, 0.25) is 0 Å². The summed E-state index contributed by atoms with van der Waals surface area (Å²) in [6.07, 6.45) is 65.9. The van der Waals surface area contributed by atoms with Crippen LogP contribution in [0.3, 0.4) is 0 Å². The molecular weight excluding hydrogens is 1020 g/mol. The molecule has 11 nitrogen and oxygen atoms in total. The number of unbranched alkanes of at least 4 members (excludes halogenated alkanes) is 47. The van der Waals surface area contributed by atoms with E-state index in [1.54, 1.807) is 0 Å². The third-order valence-electron chi connectivity index (χ3n) is 15.7. The van der Waals surface area contributed by atoms with E-state index >= 15 is 0 Å². The molecule has 0 aromatic heterocycles. The van der Waals surface area contributed by atoms with Gasteiger partial charge in [-0.2, -0.15) is 0 Å². The molecular formula is C68H131O11P. The molecule has 0 bridgehead atoms. The highest BCUT2D eigenvalue weighted by Gasteiger charge is 2.28. The minimum absolute atomic E-state index is 0.176. The van der Waals surface area contributed by atoms with Crippen LogP contribution in [0.1, 0.15) is 367 Å². The molecule has 3 unspecified atom stereocenters. The van der Waals surface area contributed by atoms with Crippen LogP contribution in [-0.4, -0.2) is 66.5 Å². The molecule has 0 fully saturated rings. The summed E-state index contributed by atoms with van der Waals surface area (Å²) < 4.78 is 39.8. The Morgan fingerprint density at radius 3 is 0.863 bits per heavy atom. The molecule has 0 aromatic rings. The van der Waals surface area contributed by atoms with Gasteiger partial charge < -0.3 is 24.2 Å². The average Bonchev–Trinajstić information content (AvgIpc) is 3.45. The summed E-state index contributed by atoms with van der Waals surface area (Å²) in [4.78, 5) is 48.9. The first kappa shape index (κ1) is 78.2. The SMILES string of the molecule is CCCCCCCC/C=C\CCCCCCCCCC(=O)OCC(COP(=O)(O)OCC(CO)OC(=O)CCCCCCCCCCCCCCCCCCC)OC(=O)CCCCCCCCCCCCCCCCCCCCC. The van der Waals surface area contributed by atoms with Crippen LogP contribution in [0.5, 0.6) is 0 Å². The highest BCUT2D eigenvalue weighted by molar-refractivity contribution is 7.47. The predicted molar refractivity (Wildman–Crippen MR) is 335 cm³/mol. The van der Waals surface area contributed by atoms with Crippen LogP contribution >= 0.6 is 7.82 Å². The maximum Gasteiger partial charge on any atom is 0.472 e. The van der Waals surface area contributed by atoms with Crippen LogP contribution < -0.4 is 0 Å². The molecule has 0 spiro atoms. The maximum atomic E-state index is 13.0. The molecule has 12 heteroatoms. The normalized spacial score (nSPS) is 13.2. The van der Waals surface area contributed by atoms with Crippen molar-refractivity contribution in [3.63, 3.8) is 0 Å². The van der Waals surface area contributed by atoms with E-state index in [-0.39, 0.29) is 25.9 Å². The number of hydrogen-bond acceptors (Lipinski definition) is 10. The number of aliphatic hydroxyl groups excluding tert-OH is 1. The minimum Gasteiger partial charge on any atom is -0.462 e. The van der Waals surface area contributed by atoms with Gasteiger partial charge in [0.1, 0.15) is 12.7 Å². The highest BCUT2D eigenvalue weighted by Crippen LogP contribution is 2.43. The van der Waals surface area contributed by atoms with Gasteiger partial charge in [0, 0.05) is 19.3 Å². The lowest BCUT2D eigenvalue weighted by atomic mass is 10.0. The van der Waals surface area contributed by atoms with Crippen molar-refractivity contribution in [1.82, 2.24) is 0 Å². The quantitative estimate of drug-likeness (QED) is 0.0197. The highest BCUT2D eigenvalue weighted by atomic mass is 31.2. The fourth-order valence-electron chi connectivity index (χ4n) is 10.4. The number of phosphoric ester groups is 1. The van der Waals surface area contributed by atoms with Gasteiger partial charge in [-0.15, -0.1) is 0 Å². The fourth-order valence-corrected chi connectivity index (χ4v) is 11.2. The Bertz CT molecular complexity index is 1390. The molecule has 0 heterocycles. The zero-order chi connectivity index (χ0) is 58.3. The van der Waals surface area contributed by atoms with Crippen molar-refractivity contribution >= 4 is 25.7 Å². The number of carbonyl (C=O) groups is 3. The van der Waals surface area contributed by atoms with Crippen LogP contribution in [-0.2, 0) is 42.2 Å². The fraction of sp³-hybridized carbons (Fsp3) is 0.926. The molecule has 80 heavy (non-hydrogen) atoms. The number of allylic oxidation sites excluding steroid dienone is 2. The Morgan fingerprint density at radius 1 is 0.338 bits per heavy atom. The van der Waals surface area contributed by atoms with Crippen molar-refractivity contribution in [3.05, 3.63) is 12.2 Å². The van der Waals surface area contributed by atoms with Crippen molar-refractivity contribution in [1.29, 1.82) is 0 Å². The second kappa shape index (κ2) is 63.2. The summed E-state index contributed by atoms with van der Waals surface area (Å²) in [6, 6.07) is 0. The van der Waals surface area contributed by atoms with E-state index in [1.165, 1.54) is 244 Å². The number of aliphatic hydroxyl groups is 1. The summed E-state index contributed by atoms with van der Waals surface area (Å²) in [6.45, 7) is 4.75. The van der Waals surface area contributed by atoms with Gasteiger partial charge in [0.2, 0.25) is 0 Å². The number of rotatable bonds is 66. The first-order valence-electron chi connectivity index (χ1n) is 34.6. The van der Waals surface area contributed by atoms with Gasteiger partial charge in [-0.3, -0.25) is 23.4 Å². The number of phosphoric acid groups is 1. The molecule has 0 aromatic carbocycles. The molecule has 0 rings (SSSR count). The Hall–Kier alpha value is -1.78. The lowest BCUT2D eigenvalue weighted by Crippen LogP contribution is -2.30. The van der Waals surface area contributed by atoms with Crippen LogP contribution in [0.15, 0.2) is 12.2 Å². The summed E-state index contributed by atoms with van der Waals surface area (Å²) in [7, 11) is -4.75. The Kier molecular flexibility index (Phi) is 61.8. The summed E-state index contributed by atoms with van der Waals surface area (Å²) in [5.74, 6) is -1.43. The summed E-state index contributed by atoms with van der Waals surface area (Å²) in [5, 5.41) is 9.87. The van der Waals surface area contributed by atoms with E-state index in [0.29, 0.717) is 19.3 Å². The number of hydrogen-bond donors (Lipinski definition) is 2. The number of carbonyl (C=O) groups excluding carboxylic acids is 3. The first-order chi connectivity index (χ1) is 39.2. The molecule has 0 aliphatic heterocycles. The van der Waals surface area contributed by atoms with Gasteiger partial charge >= 0.3 is 25.7 Å². The second-order valence-electron chi connectivity index (χ2n) is 23.7. The van der Waals surface area contributed by atoms with E-state index in [0.717, 1.165) is 64.2 Å². The predicted octanol–water partition coefficient (Wildman–Crippen LogP) is 21.2. The zero-order valence-corrected chi connectivity index (χ0v) is 53.7. The van der Waals surface area contributed by atoms with Crippen molar-refractivity contribution < 1.29 is 52.2 Å². The number of esters is 3. The van der Waals surface area contributed by atoms with E-state index < -0.39 is 57.8 Å². The average molecular weight is 1160 g/mol. The minimum atomic E-state index is -4.75. The molecule has 0 saturated carbocycles. The molecule has 0 amide bonds. The van der Waals surface area contributed by atoms with Crippen molar-refractivity contribution in [2.75, 3.05) is 26.4 Å². The Balaban J connectivity index is 4.62. The molecule has 3 atom stereocenters. The first-order valence-corrected chi connectivity index (χ1v) is 36.1. The molecule has 2 N–H and O–H groups in total. The van der Waals surface area contributed by atoms with E-state index in [1.807, 2.05) is 0 Å². The molecule has 474 valence electrons. The van der Waals surface area contributed by atoms with Gasteiger partial charge in [0.05, 0.1) is 19.8 Å². The summed E-state index contributed by atoms with van der Waals surface area (Å²) >= 11 is 0. The van der Waals surface area contributed by atoms with Crippen molar-refractivity contribution in [2.45, 2.75) is 380 Å². The largest absolute Gasteiger partial charge is 0.472 e. The van der Waals surface area contributed by atoms with Crippen LogP contribution in [0.25, 0.3) is 0 Å². The molecule has 0 saturated heterocycles. The monoisotopic (exact) mass is 1150 g/mol. The van der Waals surface area contributed by atoms with Crippen LogP contribution in [0.4, 0.5) is 0 Å². The van der Waals surface area contributed by atoms with Crippen molar-refractivity contribution in [3.8, 4) is 0 Å². The topological polar surface area (TPSA) is 155 Å². The van der Waals surface area contributed by atoms with Gasteiger partial charge in [-0.1, -0.05) is 315 Å². The van der Waals surface area contributed by atoms with Crippen molar-refractivity contribution in [2.24, 2.45) is 0 Å². The maximum absolute atomic E-state index is 13.0. The lowest BCUT2D eigenvalue weighted by molar-refractivity contribution is -0.161. The van der Waals surface area contributed by atoms with Gasteiger partial charge in [-0.25, -0.2) is 4.57 Å². The summed E-state index contributed by atoms with van der Waals surface area (Å²) in [5.41, 5.74) is 0. The van der Waals surface area contributed by atoms with Gasteiger partial charge in [0.25, 0.3) is 0 Å². The molecule has 0 radical (unpaired) electrons. The van der Waals surface area contributed by atoms with E-state index in [4.69, 9.17) is 23.3 Å². The zero-order valence-electron chi connectivity index (χ0n) is 52.8. The standard InChI is InChI=1S/C68H131O11P/c1-4-7-10-13-16-19-22-25-28-31-32-35-38-41-44-47-50-53-56-59-68(72)79-65(61-75-66(70)57-54-51-48-45-42-39-36-33-29-26-23-20-17-14-11-8-5-2)63-77-80(73,74)76-62-64(60-69)78-67(71)58-55-52-49-46-43-40-37-34-30-27-24-21-18-15-12-9-6-3/h26,29,64-65,69H,4-25,27-28,30-63H2,1-3H3,(H,73,74)/b29-26-. The number of ether oxygens (including phenoxy) is 3. The van der Waals surface area contributed by atoms with Crippen LogP contribution in [0, 0.1) is 0 Å². The molecule has 0 aliphatic rings. The van der Waals surface area contributed by atoms with Gasteiger partial charge in [0.15, 0.2) is 6.10 Å². The third kappa shape index (κ3) is 60.8. The second-order valence-corrected chi connectivity index (χ2v) is 25.2. The van der Waals surface area contributed by atoms with E-state index in [9.17, 15) is 28.9 Å². The lowest BCUT2D eigenvalue weighted by Gasteiger charge is -2.21. The Morgan fingerprint density at radius 2 is 0.575 bits per heavy atom. The smallest absolute Gasteiger partial charge is 0.462 e. The van der Waals surface area contributed by atoms with E-state index in [2.05, 4.69) is 32.9 Å². The molecule has 0 aliphatic carbocycles.